The summed E-state index contributed by atoms with van der Waals surface area (Å²) in [5.41, 5.74) is 0. The van der Waals surface area contributed by atoms with Crippen LogP contribution in [-0.2, 0) is 4.79 Å². The molecule has 3 fully saturated rings. The maximum Gasteiger partial charge on any atom is 0.279 e. The zero-order valence-corrected chi connectivity index (χ0v) is 10.5. The molecule has 2 amide bonds. The molecule has 5 nitrogen and oxygen atoms in total. The lowest BCUT2D eigenvalue weighted by atomic mass is 9.91. The fourth-order valence-electron chi connectivity index (χ4n) is 3.06. The van der Waals surface area contributed by atoms with Crippen LogP contribution in [0.2, 0.25) is 0 Å². The molecule has 0 aromatic carbocycles. The van der Waals surface area contributed by atoms with Gasteiger partial charge >= 0.3 is 0 Å². The van der Waals surface area contributed by atoms with Gasteiger partial charge in [0, 0.05) is 31.4 Å². The summed E-state index contributed by atoms with van der Waals surface area (Å²) in [5, 5.41) is 6.04. The highest BCUT2D eigenvalue weighted by Crippen LogP contribution is 2.28. The van der Waals surface area contributed by atoms with Gasteiger partial charge in [0.2, 0.25) is 5.91 Å². The van der Waals surface area contributed by atoms with Crippen molar-refractivity contribution in [3.05, 3.63) is 0 Å². The van der Waals surface area contributed by atoms with E-state index >= 15 is 0 Å². The molecule has 0 bridgehead atoms. The van der Waals surface area contributed by atoms with Gasteiger partial charge in [-0.15, -0.1) is 0 Å². The first-order valence-electron chi connectivity index (χ1n) is 6.20. The number of nitrogens with one attached hydrogen (secondary N) is 2. The van der Waals surface area contributed by atoms with Crippen LogP contribution in [0.15, 0.2) is 0 Å². The molecule has 3 atom stereocenters. The zero-order chi connectivity index (χ0) is 11.8. The van der Waals surface area contributed by atoms with Gasteiger partial charge in [-0.3, -0.25) is 9.59 Å². The third-order valence-corrected chi connectivity index (χ3v) is 4.81. The molecule has 0 radical (unpaired) electrons. The second-order valence-electron chi connectivity index (χ2n) is 4.95. The minimum atomic E-state index is -0.299. The predicted octanol–water partition coefficient (Wildman–Crippen LogP) is 0.0218. The number of fused-ring (bicyclic) bond motifs is 1. The molecule has 2 N–H and O–H groups in total. The number of hydrogen-bond donors (Lipinski definition) is 2. The Morgan fingerprint density at radius 3 is 3.06 bits per heavy atom. The molecule has 0 aromatic rings. The van der Waals surface area contributed by atoms with Gasteiger partial charge in [-0.25, -0.2) is 0 Å². The Labute approximate surface area is 105 Å². The summed E-state index contributed by atoms with van der Waals surface area (Å²) in [6, 6.07) is 0.0469. The van der Waals surface area contributed by atoms with Crippen LogP contribution >= 0.6 is 11.8 Å². The summed E-state index contributed by atoms with van der Waals surface area (Å²) in [7, 11) is 0. The van der Waals surface area contributed by atoms with Crippen LogP contribution in [0.5, 0.6) is 0 Å². The van der Waals surface area contributed by atoms with Crippen LogP contribution in [0.25, 0.3) is 0 Å². The third-order valence-electron chi connectivity index (χ3n) is 3.93. The molecule has 94 valence electrons. The molecule has 3 heterocycles. The van der Waals surface area contributed by atoms with Gasteiger partial charge < -0.3 is 15.5 Å². The molecular formula is C11H17N3O2S. The lowest BCUT2D eigenvalue weighted by Gasteiger charge is -2.38. The molecule has 0 aliphatic carbocycles. The number of hydrogen-bond acceptors (Lipinski definition) is 4. The van der Waals surface area contributed by atoms with Gasteiger partial charge in [0.1, 0.15) is 6.04 Å². The minimum absolute atomic E-state index is 0.0681. The second kappa shape index (κ2) is 4.49. The molecule has 3 aliphatic rings. The van der Waals surface area contributed by atoms with E-state index in [9.17, 15) is 9.59 Å². The van der Waals surface area contributed by atoms with E-state index in [4.69, 9.17) is 0 Å². The summed E-state index contributed by atoms with van der Waals surface area (Å²) >= 11 is 1.21. The molecule has 17 heavy (non-hydrogen) atoms. The lowest BCUT2D eigenvalue weighted by Crippen LogP contribution is -2.54. The molecule has 0 aromatic heterocycles. The van der Waals surface area contributed by atoms with E-state index in [1.807, 2.05) is 4.90 Å². The Morgan fingerprint density at radius 1 is 1.41 bits per heavy atom. The average molecular weight is 255 g/mol. The van der Waals surface area contributed by atoms with E-state index in [1.165, 1.54) is 18.2 Å². The molecular weight excluding hydrogens is 238 g/mol. The highest BCUT2D eigenvalue weighted by atomic mass is 32.2. The van der Waals surface area contributed by atoms with Gasteiger partial charge in [-0.2, -0.15) is 0 Å². The first kappa shape index (κ1) is 11.3. The Hall–Kier alpha value is -0.750. The van der Waals surface area contributed by atoms with E-state index < -0.39 is 0 Å². The van der Waals surface area contributed by atoms with Crippen molar-refractivity contribution >= 4 is 22.9 Å². The quantitative estimate of drug-likeness (QED) is 0.693. The summed E-state index contributed by atoms with van der Waals surface area (Å²) in [6.45, 7) is 2.78. The van der Waals surface area contributed by atoms with Crippen LogP contribution in [0.4, 0.5) is 4.79 Å². The number of thioether (sulfide) groups is 1. The third kappa shape index (κ3) is 2.04. The highest BCUT2D eigenvalue weighted by molar-refractivity contribution is 8.14. The number of nitrogens with zero attached hydrogens (tertiary/aromatic N) is 1. The first-order valence-corrected chi connectivity index (χ1v) is 7.19. The van der Waals surface area contributed by atoms with Crippen LogP contribution < -0.4 is 10.6 Å². The summed E-state index contributed by atoms with van der Waals surface area (Å²) in [4.78, 5) is 25.5. The topological polar surface area (TPSA) is 61.4 Å². The van der Waals surface area contributed by atoms with Crippen molar-refractivity contribution in [2.75, 3.05) is 25.4 Å². The Morgan fingerprint density at radius 2 is 2.29 bits per heavy atom. The summed E-state index contributed by atoms with van der Waals surface area (Å²) in [5.74, 6) is 1.30. The van der Waals surface area contributed by atoms with E-state index in [-0.39, 0.29) is 17.2 Å². The fourth-order valence-corrected chi connectivity index (χ4v) is 3.83. The average Bonchev–Trinajstić information content (AvgIpc) is 2.95. The Bertz CT molecular complexity index is 350. The fraction of sp³-hybridized carbons (Fsp3) is 0.818. The number of likely N-dealkylation sites (tertiary alicyclic amines) is 1. The van der Waals surface area contributed by atoms with Crippen molar-refractivity contribution in [1.82, 2.24) is 15.5 Å². The van der Waals surface area contributed by atoms with Crippen molar-refractivity contribution in [3.63, 3.8) is 0 Å². The number of amides is 2. The maximum absolute atomic E-state index is 12.4. The van der Waals surface area contributed by atoms with Crippen molar-refractivity contribution in [1.29, 1.82) is 0 Å². The largest absolute Gasteiger partial charge is 0.336 e. The van der Waals surface area contributed by atoms with Gasteiger partial charge in [-0.1, -0.05) is 11.8 Å². The molecule has 3 rings (SSSR count). The van der Waals surface area contributed by atoms with Gasteiger partial charge in [0.15, 0.2) is 0 Å². The Balaban J connectivity index is 1.70. The highest BCUT2D eigenvalue weighted by Gasteiger charge is 2.40. The van der Waals surface area contributed by atoms with Crippen LogP contribution in [0, 0.1) is 5.92 Å². The second-order valence-corrected chi connectivity index (χ2v) is 5.95. The normalized spacial score (nSPS) is 36.8. The molecule has 6 heteroatoms. The van der Waals surface area contributed by atoms with E-state index in [0.717, 1.165) is 26.1 Å². The predicted molar refractivity (Wildman–Crippen MR) is 65.9 cm³/mol. The molecule has 3 unspecified atom stereocenters. The standard InChI is InChI=1S/C11H17N3O2S/c15-10(8-6-17-11(16)13-8)14-3-1-2-7-4-12-5-9(7)14/h7-9,12H,1-6H2,(H,13,16). The van der Waals surface area contributed by atoms with Crippen molar-refractivity contribution < 1.29 is 9.59 Å². The maximum atomic E-state index is 12.4. The molecule has 0 saturated carbocycles. The Kier molecular flexibility index (Phi) is 3.00. The first-order chi connectivity index (χ1) is 8.25. The van der Waals surface area contributed by atoms with Crippen molar-refractivity contribution in [2.24, 2.45) is 5.92 Å². The number of carbonyl (C=O) groups excluding carboxylic acids is 2. The smallest absolute Gasteiger partial charge is 0.279 e. The number of piperidine rings is 1. The molecule has 3 aliphatic heterocycles. The van der Waals surface area contributed by atoms with Gasteiger partial charge in [-0.05, 0) is 18.8 Å². The van der Waals surface area contributed by atoms with E-state index in [2.05, 4.69) is 10.6 Å². The SMILES string of the molecule is O=C1NC(C(=O)N2CCCC3CNCC32)CS1. The molecule has 3 saturated heterocycles. The zero-order valence-electron chi connectivity index (χ0n) is 9.65. The minimum Gasteiger partial charge on any atom is -0.336 e. The summed E-state index contributed by atoms with van der Waals surface area (Å²) in [6.07, 6.45) is 2.30. The monoisotopic (exact) mass is 255 g/mol. The van der Waals surface area contributed by atoms with E-state index in [0.29, 0.717) is 17.7 Å². The lowest BCUT2D eigenvalue weighted by molar-refractivity contribution is -0.136. The van der Waals surface area contributed by atoms with Crippen LogP contribution in [0.1, 0.15) is 12.8 Å². The van der Waals surface area contributed by atoms with Crippen molar-refractivity contribution in [3.8, 4) is 0 Å². The molecule has 0 spiro atoms. The summed E-state index contributed by atoms with van der Waals surface area (Å²) < 4.78 is 0. The van der Waals surface area contributed by atoms with Crippen molar-refractivity contribution in [2.45, 2.75) is 24.9 Å². The van der Waals surface area contributed by atoms with E-state index in [1.54, 1.807) is 0 Å². The van der Waals surface area contributed by atoms with Crippen LogP contribution in [-0.4, -0.2) is 53.5 Å². The van der Waals surface area contributed by atoms with Gasteiger partial charge in [0.05, 0.1) is 0 Å². The van der Waals surface area contributed by atoms with Gasteiger partial charge in [0.25, 0.3) is 5.24 Å². The van der Waals surface area contributed by atoms with Crippen LogP contribution in [0.3, 0.4) is 0 Å². The number of carbonyl (C=O) groups is 2. The number of rotatable bonds is 1.